The van der Waals surface area contributed by atoms with Gasteiger partial charge in [-0.1, -0.05) is 26.3 Å². The first kappa shape index (κ1) is 17.3. The summed E-state index contributed by atoms with van der Waals surface area (Å²) in [6, 6.07) is 0.841. The Morgan fingerprint density at radius 2 is 1.83 bits per heavy atom. The second-order valence-electron chi connectivity index (χ2n) is 4.28. The van der Waals surface area contributed by atoms with Crippen LogP contribution < -0.4 is 0 Å². The van der Waals surface area contributed by atoms with Crippen LogP contribution in [0.15, 0.2) is 12.7 Å². The number of carbonyl (C=O) groups excluding carboxylic acids is 1. The average molecular weight is 274 g/mol. The molecule has 4 nitrogen and oxygen atoms in total. The average Bonchev–Trinajstić information content (AvgIpc) is 2.36. The Bertz CT molecular complexity index is 251. The van der Waals surface area contributed by atoms with Crippen molar-refractivity contribution in [1.29, 1.82) is 0 Å². The highest BCUT2D eigenvalue weighted by atomic mass is 28.4. The first-order valence-electron chi connectivity index (χ1n) is 6.62. The summed E-state index contributed by atoms with van der Waals surface area (Å²) < 4.78 is 16.8. The molecule has 1 unspecified atom stereocenters. The predicted octanol–water partition coefficient (Wildman–Crippen LogP) is 3.03. The molecule has 1 atom stereocenters. The van der Waals surface area contributed by atoms with Crippen LogP contribution in [0, 0.1) is 0 Å². The molecule has 0 rings (SSSR count). The number of carbonyl (C=O) groups is 1. The monoisotopic (exact) mass is 274 g/mol. The van der Waals surface area contributed by atoms with Crippen molar-refractivity contribution in [3.8, 4) is 0 Å². The molecule has 18 heavy (non-hydrogen) atoms. The quantitative estimate of drug-likeness (QED) is 0.349. The van der Waals surface area contributed by atoms with E-state index in [0.717, 1.165) is 18.9 Å². The molecule has 0 amide bonds. The molecule has 0 N–H and O–H groups in total. The molecular formula is C13H26O4Si. The Hall–Kier alpha value is -0.653. The zero-order valence-corrected chi connectivity index (χ0v) is 13.0. The molecule has 0 heterocycles. The van der Waals surface area contributed by atoms with Crippen molar-refractivity contribution in [2.45, 2.75) is 52.1 Å². The minimum absolute atomic E-state index is 0.385. The van der Waals surface area contributed by atoms with Gasteiger partial charge in [0, 0.05) is 19.3 Å². The minimum atomic E-state index is -2.39. The van der Waals surface area contributed by atoms with Gasteiger partial charge < -0.3 is 13.9 Å². The van der Waals surface area contributed by atoms with Crippen LogP contribution in [0.3, 0.4) is 0 Å². The highest BCUT2D eigenvalue weighted by Crippen LogP contribution is 2.23. The van der Waals surface area contributed by atoms with Crippen molar-refractivity contribution in [2.75, 3.05) is 13.2 Å². The van der Waals surface area contributed by atoms with E-state index in [9.17, 15) is 4.79 Å². The van der Waals surface area contributed by atoms with E-state index in [2.05, 4.69) is 13.5 Å². The zero-order chi connectivity index (χ0) is 14.0. The molecule has 0 aliphatic rings. The number of unbranched alkanes of at least 4 members (excludes halogenated alkanes) is 1. The fourth-order valence-corrected chi connectivity index (χ4v) is 4.79. The van der Waals surface area contributed by atoms with Gasteiger partial charge in [-0.15, -0.1) is 0 Å². The van der Waals surface area contributed by atoms with E-state index in [-0.39, 0.29) is 5.97 Å². The second kappa shape index (κ2) is 9.30. The summed E-state index contributed by atoms with van der Waals surface area (Å²) in [5.41, 5.74) is 0. The largest absolute Gasteiger partial charge is 0.511 e. The van der Waals surface area contributed by atoms with Gasteiger partial charge >= 0.3 is 14.3 Å². The molecule has 0 aliphatic heterocycles. The van der Waals surface area contributed by atoms with Gasteiger partial charge in [-0.05, 0) is 26.4 Å². The minimum Gasteiger partial charge on any atom is -0.511 e. The fraction of sp³-hybridized carbons (Fsp3) is 0.769. The molecule has 0 saturated heterocycles. The summed E-state index contributed by atoms with van der Waals surface area (Å²) in [5.74, 6) is -0.785. The normalized spacial score (nSPS) is 14.3. The van der Waals surface area contributed by atoms with Crippen LogP contribution in [-0.2, 0) is 18.7 Å². The van der Waals surface area contributed by atoms with E-state index >= 15 is 0 Å². The number of ether oxygens (including phenoxy) is 2. The Morgan fingerprint density at radius 3 is 2.22 bits per heavy atom. The van der Waals surface area contributed by atoms with Crippen molar-refractivity contribution in [2.24, 2.45) is 0 Å². The van der Waals surface area contributed by atoms with Crippen LogP contribution in [0.25, 0.3) is 0 Å². The van der Waals surface area contributed by atoms with Gasteiger partial charge in [0.25, 0.3) is 0 Å². The molecule has 106 valence electrons. The second-order valence-corrected chi connectivity index (χ2v) is 8.08. The van der Waals surface area contributed by atoms with E-state index in [0.29, 0.717) is 13.2 Å². The Morgan fingerprint density at radius 1 is 1.28 bits per heavy atom. The van der Waals surface area contributed by atoms with E-state index in [1.807, 2.05) is 20.4 Å². The Labute approximate surface area is 111 Å². The summed E-state index contributed by atoms with van der Waals surface area (Å²) in [5, 5.41) is 0. The predicted molar refractivity (Wildman–Crippen MR) is 74.7 cm³/mol. The fourth-order valence-electron chi connectivity index (χ4n) is 1.72. The van der Waals surface area contributed by atoms with Crippen molar-refractivity contribution >= 4 is 14.3 Å². The molecule has 0 aromatic heterocycles. The van der Waals surface area contributed by atoms with Crippen LogP contribution in [0.4, 0.5) is 0 Å². The van der Waals surface area contributed by atoms with E-state index in [4.69, 9.17) is 13.9 Å². The van der Waals surface area contributed by atoms with Crippen LogP contribution in [0.5, 0.6) is 0 Å². The van der Waals surface area contributed by atoms with Crippen LogP contribution in [-0.4, -0.2) is 33.4 Å². The summed E-state index contributed by atoms with van der Waals surface area (Å²) in [6.07, 6.45) is 3.26. The topological polar surface area (TPSA) is 44.8 Å². The molecule has 0 bridgehead atoms. The van der Waals surface area contributed by atoms with E-state index < -0.39 is 14.2 Å². The van der Waals surface area contributed by atoms with Gasteiger partial charge in [0.05, 0.1) is 0 Å². The van der Waals surface area contributed by atoms with Gasteiger partial charge in [0.1, 0.15) is 0 Å². The van der Waals surface area contributed by atoms with Crippen molar-refractivity contribution in [3.05, 3.63) is 12.7 Å². The molecule has 0 radical (unpaired) electrons. The zero-order valence-electron chi connectivity index (χ0n) is 12.0. The molecule has 0 aliphatic carbocycles. The summed E-state index contributed by atoms with van der Waals surface area (Å²) >= 11 is 0. The van der Waals surface area contributed by atoms with E-state index in [1.165, 1.54) is 6.08 Å². The highest BCUT2D eigenvalue weighted by molar-refractivity contribution is 6.74. The maximum atomic E-state index is 11.5. The van der Waals surface area contributed by atoms with Crippen molar-refractivity contribution in [1.82, 2.24) is 0 Å². The summed E-state index contributed by atoms with van der Waals surface area (Å²) in [7, 11) is -2.39. The van der Waals surface area contributed by atoms with Gasteiger partial charge in [-0.3, -0.25) is 0 Å². The van der Waals surface area contributed by atoms with Gasteiger partial charge in [-0.25, -0.2) is 4.79 Å². The third-order valence-corrected chi connectivity index (χ3v) is 6.01. The Kier molecular flexibility index (Phi) is 8.96. The van der Waals surface area contributed by atoms with Gasteiger partial charge in [-0.2, -0.15) is 0 Å². The van der Waals surface area contributed by atoms with Gasteiger partial charge in [0.15, 0.2) is 5.91 Å². The Balaban J connectivity index is 4.86. The molecule has 0 fully saturated rings. The summed E-state index contributed by atoms with van der Waals surface area (Å²) in [4.78, 5) is 11.5. The lowest BCUT2D eigenvalue weighted by molar-refractivity contribution is -0.135. The third-order valence-electron chi connectivity index (χ3n) is 2.66. The standard InChI is InChI=1S/C13H26O4Si/c1-6-10-11-18(5,17-12(14)7-2)13(15-8-3)16-9-4/h7,13H,2,6,8-11H2,1,3-5H3. The van der Waals surface area contributed by atoms with Crippen molar-refractivity contribution < 1.29 is 18.7 Å². The maximum Gasteiger partial charge on any atom is 0.317 e. The number of hydrogen-bond acceptors (Lipinski definition) is 4. The maximum absolute atomic E-state index is 11.5. The van der Waals surface area contributed by atoms with Crippen molar-refractivity contribution in [3.63, 3.8) is 0 Å². The third kappa shape index (κ3) is 5.80. The van der Waals surface area contributed by atoms with Crippen LogP contribution in [0.2, 0.25) is 12.6 Å². The van der Waals surface area contributed by atoms with Crippen LogP contribution >= 0.6 is 0 Å². The molecule has 0 aromatic carbocycles. The van der Waals surface area contributed by atoms with Gasteiger partial charge in [0.2, 0.25) is 0 Å². The molecular weight excluding hydrogens is 248 g/mol. The first-order valence-corrected chi connectivity index (χ1v) is 9.31. The number of hydrogen-bond donors (Lipinski definition) is 0. The molecule has 0 saturated carbocycles. The lowest BCUT2D eigenvalue weighted by Crippen LogP contribution is -2.51. The SMILES string of the molecule is C=CC(=O)O[Si](C)(CCCC)C(OCC)OCC. The summed E-state index contributed by atoms with van der Waals surface area (Å²) in [6.45, 7) is 12.5. The lowest BCUT2D eigenvalue weighted by atomic mass is 10.4. The highest BCUT2D eigenvalue weighted by Gasteiger charge is 2.43. The van der Waals surface area contributed by atoms with Crippen LogP contribution in [0.1, 0.15) is 33.6 Å². The molecule has 0 aromatic rings. The van der Waals surface area contributed by atoms with E-state index in [1.54, 1.807) is 0 Å². The first-order chi connectivity index (χ1) is 8.53. The molecule has 0 spiro atoms. The molecule has 5 heteroatoms. The number of rotatable bonds is 10. The lowest BCUT2D eigenvalue weighted by Gasteiger charge is -2.33. The smallest absolute Gasteiger partial charge is 0.317 e.